The molecule has 4 N–H and O–H groups in total. The highest BCUT2D eigenvalue weighted by Gasteiger charge is 2.13. The highest BCUT2D eigenvalue weighted by molar-refractivity contribution is 7.89. The summed E-state index contributed by atoms with van der Waals surface area (Å²) in [6.45, 7) is 0.517. The van der Waals surface area contributed by atoms with Gasteiger partial charge in [-0.25, -0.2) is 13.1 Å². The largest absolute Gasteiger partial charge is 0.399 e. The number of carbonyl (C=O) groups is 1. The van der Waals surface area contributed by atoms with Gasteiger partial charge in [0.25, 0.3) is 0 Å². The minimum absolute atomic E-state index is 0. The second-order valence-electron chi connectivity index (χ2n) is 5.18. The van der Waals surface area contributed by atoms with Crippen LogP contribution in [0.15, 0.2) is 53.7 Å². The first-order chi connectivity index (χ1) is 11.5. The van der Waals surface area contributed by atoms with Crippen LogP contribution in [0.1, 0.15) is 12.0 Å². The van der Waals surface area contributed by atoms with Crippen molar-refractivity contribution in [2.24, 2.45) is 0 Å². The van der Waals surface area contributed by atoms with Crippen LogP contribution in [0.25, 0.3) is 0 Å². The van der Waals surface area contributed by atoms with Crippen molar-refractivity contribution in [1.29, 1.82) is 0 Å². The summed E-state index contributed by atoms with van der Waals surface area (Å²) >= 11 is 0. The number of hydrogen-bond donors (Lipinski definition) is 3. The molecule has 0 unspecified atom stereocenters. The molecule has 2 rings (SSSR count). The molecule has 144 valence electrons. The number of benzene rings is 1. The summed E-state index contributed by atoms with van der Waals surface area (Å²) in [6.07, 6.45) is 3.51. The Morgan fingerprint density at radius 1 is 1.08 bits per heavy atom. The molecule has 26 heavy (non-hydrogen) atoms. The molecule has 7 nitrogen and oxygen atoms in total. The van der Waals surface area contributed by atoms with E-state index in [-0.39, 0.29) is 48.6 Å². The topological polar surface area (TPSA) is 114 Å². The van der Waals surface area contributed by atoms with Crippen molar-refractivity contribution in [3.8, 4) is 0 Å². The van der Waals surface area contributed by atoms with Gasteiger partial charge in [0.1, 0.15) is 4.90 Å². The van der Waals surface area contributed by atoms with Gasteiger partial charge in [0.2, 0.25) is 15.9 Å². The van der Waals surface area contributed by atoms with Crippen molar-refractivity contribution in [2.75, 3.05) is 18.8 Å². The van der Waals surface area contributed by atoms with Crippen LogP contribution < -0.4 is 15.8 Å². The monoisotopic (exact) mass is 420 g/mol. The van der Waals surface area contributed by atoms with E-state index in [0.29, 0.717) is 18.7 Å². The van der Waals surface area contributed by atoms with Crippen LogP contribution in [-0.4, -0.2) is 32.4 Å². The lowest BCUT2D eigenvalue weighted by Crippen LogP contribution is -2.31. The van der Waals surface area contributed by atoms with Gasteiger partial charge in [0.05, 0.1) is 0 Å². The second-order valence-corrected chi connectivity index (χ2v) is 6.94. The summed E-state index contributed by atoms with van der Waals surface area (Å²) in [5.41, 5.74) is 7.37. The summed E-state index contributed by atoms with van der Waals surface area (Å²) in [4.78, 5) is 15.6. The number of nitrogens with two attached hydrogens (primary N) is 1. The molecule has 1 heterocycles. The molecule has 0 saturated carbocycles. The van der Waals surface area contributed by atoms with Crippen LogP contribution in [0.3, 0.4) is 0 Å². The van der Waals surface area contributed by atoms with E-state index in [1.165, 1.54) is 18.5 Å². The van der Waals surface area contributed by atoms with E-state index < -0.39 is 10.0 Å². The second kappa shape index (κ2) is 11.7. The van der Waals surface area contributed by atoms with E-state index >= 15 is 0 Å². The van der Waals surface area contributed by atoms with Gasteiger partial charge in [-0.2, -0.15) is 0 Å². The van der Waals surface area contributed by atoms with Crippen LogP contribution in [0.5, 0.6) is 0 Å². The van der Waals surface area contributed by atoms with E-state index in [1.807, 2.05) is 24.3 Å². The van der Waals surface area contributed by atoms with Crippen LogP contribution in [0, 0.1) is 0 Å². The molecule has 10 heteroatoms. The maximum absolute atomic E-state index is 11.9. The number of pyridine rings is 1. The first-order valence-electron chi connectivity index (χ1n) is 7.48. The Labute approximate surface area is 165 Å². The molecule has 0 fully saturated rings. The third-order valence-corrected chi connectivity index (χ3v) is 4.75. The van der Waals surface area contributed by atoms with Gasteiger partial charge in [0.15, 0.2) is 0 Å². The Bertz CT molecular complexity index is 772. The summed E-state index contributed by atoms with van der Waals surface area (Å²) in [5, 5.41) is 2.75. The average molecular weight is 421 g/mol. The molecular weight excluding hydrogens is 399 g/mol. The molecule has 0 saturated heterocycles. The van der Waals surface area contributed by atoms with E-state index in [4.69, 9.17) is 5.73 Å². The number of halogens is 2. The molecule has 0 aliphatic heterocycles. The first kappa shape index (κ1) is 24.1. The third-order valence-electron chi connectivity index (χ3n) is 3.30. The minimum Gasteiger partial charge on any atom is -0.399 e. The van der Waals surface area contributed by atoms with Crippen LogP contribution in [0.2, 0.25) is 0 Å². The molecule has 0 spiro atoms. The number of anilines is 1. The standard InChI is InChI=1S/C16H20N4O3S.2ClH/c17-14-5-3-13(4-6-14)7-10-19-16(21)8-11-20-24(22,23)15-2-1-9-18-12-15;;/h1-6,9,12,20H,7-8,10-11,17H2,(H,19,21);2*1H. The van der Waals surface area contributed by atoms with Crippen LogP contribution in [-0.2, 0) is 21.2 Å². The number of amides is 1. The number of nitrogen functional groups attached to an aromatic ring is 1. The van der Waals surface area contributed by atoms with E-state index in [0.717, 1.165) is 5.56 Å². The molecule has 1 amide bonds. The third kappa shape index (κ3) is 8.01. The highest BCUT2D eigenvalue weighted by Crippen LogP contribution is 2.06. The summed E-state index contributed by atoms with van der Waals surface area (Å²) < 4.78 is 26.3. The van der Waals surface area contributed by atoms with Gasteiger partial charge >= 0.3 is 0 Å². The number of carbonyl (C=O) groups excluding carboxylic acids is 1. The molecular formula is C16H22Cl2N4O3S. The SMILES string of the molecule is Cl.Cl.Nc1ccc(CCNC(=O)CCNS(=O)(=O)c2cccnc2)cc1. The quantitative estimate of drug-likeness (QED) is 0.560. The van der Waals surface area contributed by atoms with Gasteiger partial charge in [-0.1, -0.05) is 12.1 Å². The smallest absolute Gasteiger partial charge is 0.242 e. The molecule has 0 radical (unpaired) electrons. The predicted octanol–water partition coefficient (Wildman–Crippen LogP) is 1.53. The Morgan fingerprint density at radius 3 is 2.38 bits per heavy atom. The van der Waals surface area contributed by atoms with Crippen molar-refractivity contribution in [2.45, 2.75) is 17.7 Å². The molecule has 1 aromatic heterocycles. The Hall–Kier alpha value is -1.87. The van der Waals surface area contributed by atoms with Gasteiger partial charge in [-0.15, -0.1) is 24.8 Å². The maximum Gasteiger partial charge on any atom is 0.242 e. The number of sulfonamides is 1. The lowest BCUT2D eigenvalue weighted by molar-refractivity contribution is -0.120. The van der Waals surface area contributed by atoms with Crippen molar-refractivity contribution >= 4 is 46.4 Å². The van der Waals surface area contributed by atoms with Crippen LogP contribution in [0.4, 0.5) is 5.69 Å². The minimum atomic E-state index is -3.63. The van der Waals surface area contributed by atoms with Crippen molar-refractivity contribution in [3.63, 3.8) is 0 Å². The fourth-order valence-corrected chi connectivity index (χ4v) is 3.00. The predicted molar refractivity (Wildman–Crippen MR) is 106 cm³/mol. The number of rotatable bonds is 8. The van der Waals surface area contributed by atoms with Gasteiger partial charge in [-0.05, 0) is 36.2 Å². The molecule has 1 aromatic carbocycles. The highest BCUT2D eigenvalue weighted by atomic mass is 35.5. The molecule has 0 bridgehead atoms. The Kier molecular flexibility index (Phi) is 10.8. The number of nitrogens with one attached hydrogen (secondary N) is 2. The summed E-state index contributed by atoms with van der Waals surface area (Å²) in [7, 11) is -3.63. The lowest BCUT2D eigenvalue weighted by atomic mass is 10.1. The summed E-state index contributed by atoms with van der Waals surface area (Å²) in [6, 6.07) is 10.4. The molecule has 0 aliphatic carbocycles. The number of hydrogen-bond acceptors (Lipinski definition) is 5. The molecule has 0 atom stereocenters. The van der Waals surface area contributed by atoms with Gasteiger partial charge < -0.3 is 11.1 Å². The Morgan fingerprint density at radius 2 is 1.77 bits per heavy atom. The zero-order valence-electron chi connectivity index (χ0n) is 13.9. The van der Waals surface area contributed by atoms with Crippen molar-refractivity contribution < 1.29 is 13.2 Å². The van der Waals surface area contributed by atoms with Crippen molar-refractivity contribution in [1.82, 2.24) is 15.0 Å². The zero-order valence-corrected chi connectivity index (χ0v) is 16.4. The zero-order chi connectivity index (χ0) is 17.4. The van der Waals surface area contributed by atoms with E-state index in [9.17, 15) is 13.2 Å². The van der Waals surface area contributed by atoms with Gasteiger partial charge in [0, 0.05) is 37.6 Å². The van der Waals surface area contributed by atoms with Crippen LogP contribution >= 0.6 is 24.8 Å². The lowest BCUT2D eigenvalue weighted by Gasteiger charge is -2.07. The van der Waals surface area contributed by atoms with E-state index in [2.05, 4.69) is 15.0 Å². The van der Waals surface area contributed by atoms with E-state index in [1.54, 1.807) is 6.07 Å². The Balaban J connectivity index is 0.00000312. The number of aromatic nitrogens is 1. The molecule has 2 aromatic rings. The van der Waals surface area contributed by atoms with Crippen molar-refractivity contribution in [3.05, 3.63) is 54.4 Å². The van der Waals surface area contributed by atoms with Gasteiger partial charge in [-0.3, -0.25) is 9.78 Å². The maximum atomic E-state index is 11.9. The fraction of sp³-hybridized carbons (Fsp3) is 0.250. The first-order valence-corrected chi connectivity index (χ1v) is 8.96. The average Bonchev–Trinajstić information content (AvgIpc) is 2.57. The summed E-state index contributed by atoms with van der Waals surface area (Å²) in [5.74, 6) is -0.209. The normalized spacial score (nSPS) is 10.3. The molecule has 0 aliphatic rings. The number of nitrogens with zero attached hydrogens (tertiary/aromatic N) is 1. The fourth-order valence-electron chi connectivity index (χ4n) is 2.01.